The SMILES string of the molecule is COc1nccc(Sc2cnc(N3CCC4(CC3)CO[C@@H](C)C4)c(S(C)=O)n2)c1Cl. The van der Waals surface area contributed by atoms with Crippen molar-refractivity contribution in [2.45, 2.75) is 47.2 Å². The topological polar surface area (TPSA) is 77.4 Å². The summed E-state index contributed by atoms with van der Waals surface area (Å²) in [4.78, 5) is 16.4. The first-order chi connectivity index (χ1) is 14.4. The lowest BCUT2D eigenvalue weighted by molar-refractivity contribution is 0.0975. The van der Waals surface area contributed by atoms with Crippen LogP contribution < -0.4 is 9.64 Å². The number of piperidine rings is 1. The molecule has 2 fully saturated rings. The third kappa shape index (κ3) is 4.44. The van der Waals surface area contributed by atoms with Crippen LogP contribution >= 0.6 is 23.4 Å². The first kappa shape index (κ1) is 21.8. The monoisotopic (exact) mass is 468 g/mol. The van der Waals surface area contributed by atoms with E-state index in [9.17, 15) is 4.21 Å². The fourth-order valence-corrected chi connectivity index (χ4v) is 5.94. The van der Waals surface area contributed by atoms with Gasteiger partial charge >= 0.3 is 0 Å². The normalized spacial score (nSPS) is 21.7. The van der Waals surface area contributed by atoms with Crippen LogP contribution in [0.25, 0.3) is 0 Å². The number of rotatable bonds is 5. The van der Waals surface area contributed by atoms with E-state index >= 15 is 0 Å². The molecule has 2 aromatic heterocycles. The molecule has 0 radical (unpaired) electrons. The van der Waals surface area contributed by atoms with Gasteiger partial charge in [-0.25, -0.2) is 15.0 Å². The van der Waals surface area contributed by atoms with Gasteiger partial charge in [0.25, 0.3) is 0 Å². The van der Waals surface area contributed by atoms with Crippen LogP contribution in [0.1, 0.15) is 26.2 Å². The van der Waals surface area contributed by atoms with Crippen LogP contribution in [0.4, 0.5) is 5.82 Å². The Morgan fingerprint density at radius 2 is 2.13 bits per heavy atom. The van der Waals surface area contributed by atoms with Crippen molar-refractivity contribution in [2.75, 3.05) is 38.0 Å². The summed E-state index contributed by atoms with van der Waals surface area (Å²) in [6.07, 6.45) is 8.54. The molecule has 4 heterocycles. The van der Waals surface area contributed by atoms with E-state index in [0.29, 0.717) is 32.9 Å². The van der Waals surface area contributed by atoms with Gasteiger partial charge < -0.3 is 14.4 Å². The van der Waals surface area contributed by atoms with Gasteiger partial charge in [-0.15, -0.1) is 0 Å². The summed E-state index contributed by atoms with van der Waals surface area (Å²) in [5, 5.41) is 1.55. The van der Waals surface area contributed by atoms with Crippen molar-refractivity contribution in [3.8, 4) is 5.88 Å². The van der Waals surface area contributed by atoms with Crippen molar-refractivity contribution in [2.24, 2.45) is 5.41 Å². The summed E-state index contributed by atoms with van der Waals surface area (Å²) in [6, 6.07) is 1.79. The summed E-state index contributed by atoms with van der Waals surface area (Å²) in [5.74, 6) is 1.07. The maximum atomic E-state index is 12.5. The van der Waals surface area contributed by atoms with E-state index in [0.717, 1.165) is 43.9 Å². The molecule has 0 aliphatic carbocycles. The second-order valence-electron chi connectivity index (χ2n) is 7.84. The molecule has 7 nitrogen and oxygen atoms in total. The minimum Gasteiger partial charge on any atom is -0.480 e. The van der Waals surface area contributed by atoms with Gasteiger partial charge in [0.05, 0.1) is 36.8 Å². The number of pyridine rings is 1. The third-order valence-electron chi connectivity index (χ3n) is 5.72. The van der Waals surface area contributed by atoms with Gasteiger partial charge in [0.2, 0.25) is 5.88 Å². The zero-order valence-electron chi connectivity index (χ0n) is 17.3. The molecular weight excluding hydrogens is 444 g/mol. The highest BCUT2D eigenvalue weighted by atomic mass is 35.5. The quantitative estimate of drug-likeness (QED) is 0.655. The molecule has 162 valence electrons. The standard InChI is InChI=1S/C20H25ClN4O3S2/c1-13-10-20(12-28-13)5-8-25(9-6-20)17-19(30(3)26)24-15(11-23-17)29-14-4-7-22-18(27-2)16(14)21/h4,7,11,13H,5-6,8-10,12H2,1-3H3/t13-,30?/m0/s1. The summed E-state index contributed by atoms with van der Waals surface area (Å²) in [6.45, 7) is 4.72. The fraction of sp³-hybridized carbons (Fsp3) is 0.550. The van der Waals surface area contributed by atoms with E-state index < -0.39 is 10.8 Å². The minimum absolute atomic E-state index is 0.280. The summed E-state index contributed by atoms with van der Waals surface area (Å²) < 4.78 is 23.5. The largest absolute Gasteiger partial charge is 0.480 e. The maximum absolute atomic E-state index is 12.5. The molecule has 30 heavy (non-hydrogen) atoms. The van der Waals surface area contributed by atoms with Crippen LogP contribution in [0.5, 0.6) is 5.88 Å². The van der Waals surface area contributed by atoms with Crippen molar-refractivity contribution >= 4 is 40.0 Å². The number of halogens is 1. The molecule has 0 saturated carbocycles. The summed E-state index contributed by atoms with van der Waals surface area (Å²) in [7, 11) is 0.263. The lowest BCUT2D eigenvalue weighted by Gasteiger charge is -2.39. The average molecular weight is 469 g/mol. The van der Waals surface area contributed by atoms with E-state index in [-0.39, 0.29) is 5.41 Å². The van der Waals surface area contributed by atoms with E-state index in [4.69, 9.17) is 21.1 Å². The van der Waals surface area contributed by atoms with Gasteiger partial charge in [-0.3, -0.25) is 4.21 Å². The first-order valence-corrected chi connectivity index (χ1v) is 12.6. The molecule has 0 N–H and O–H groups in total. The zero-order valence-corrected chi connectivity index (χ0v) is 19.6. The van der Waals surface area contributed by atoms with Crippen molar-refractivity contribution in [3.63, 3.8) is 0 Å². The Kier molecular flexibility index (Phi) is 6.53. The Balaban J connectivity index is 1.54. The number of aromatic nitrogens is 3. The Labute approximate surface area is 188 Å². The second-order valence-corrected chi connectivity index (χ2v) is 10.6. The number of ether oxygens (including phenoxy) is 2. The molecule has 4 rings (SSSR count). The van der Waals surface area contributed by atoms with Crippen LogP contribution in [-0.4, -0.2) is 58.3 Å². The Hall–Kier alpha value is -1.42. The van der Waals surface area contributed by atoms with Crippen molar-refractivity contribution in [1.82, 2.24) is 15.0 Å². The predicted octanol–water partition coefficient (Wildman–Crippen LogP) is 3.82. The minimum atomic E-state index is -1.26. The number of anilines is 1. The van der Waals surface area contributed by atoms with E-state index in [2.05, 4.69) is 26.8 Å². The zero-order chi connectivity index (χ0) is 21.3. The number of hydrogen-bond donors (Lipinski definition) is 0. The Morgan fingerprint density at radius 1 is 1.37 bits per heavy atom. The van der Waals surface area contributed by atoms with Gasteiger partial charge in [0, 0.05) is 30.4 Å². The first-order valence-electron chi connectivity index (χ1n) is 9.84. The second kappa shape index (κ2) is 8.98. The van der Waals surface area contributed by atoms with E-state index in [1.807, 2.05) is 0 Å². The number of methoxy groups -OCH3 is 1. The van der Waals surface area contributed by atoms with Crippen LogP contribution in [0.2, 0.25) is 5.02 Å². The van der Waals surface area contributed by atoms with Gasteiger partial charge in [0.15, 0.2) is 10.8 Å². The number of nitrogens with zero attached hydrogens (tertiary/aromatic N) is 4. The third-order valence-corrected chi connectivity index (χ3v) is 7.98. The van der Waals surface area contributed by atoms with Gasteiger partial charge in [-0.1, -0.05) is 23.4 Å². The van der Waals surface area contributed by atoms with Gasteiger partial charge in [-0.05, 0) is 37.7 Å². The molecule has 0 aromatic carbocycles. The van der Waals surface area contributed by atoms with Crippen LogP contribution in [-0.2, 0) is 15.5 Å². The van der Waals surface area contributed by atoms with Crippen LogP contribution in [0.3, 0.4) is 0 Å². The highest BCUT2D eigenvalue weighted by Gasteiger charge is 2.41. The van der Waals surface area contributed by atoms with E-state index in [1.165, 1.54) is 18.9 Å². The van der Waals surface area contributed by atoms with Crippen LogP contribution in [0.15, 0.2) is 33.4 Å². The smallest absolute Gasteiger partial charge is 0.233 e. The molecule has 2 atom stereocenters. The Morgan fingerprint density at radius 3 is 2.77 bits per heavy atom. The molecule has 1 unspecified atom stereocenters. The van der Waals surface area contributed by atoms with Crippen molar-refractivity contribution < 1.29 is 13.7 Å². The molecule has 2 saturated heterocycles. The molecule has 2 aliphatic heterocycles. The molecular formula is C20H25ClN4O3S2. The molecule has 10 heteroatoms. The average Bonchev–Trinajstić information content (AvgIpc) is 3.10. The summed E-state index contributed by atoms with van der Waals surface area (Å²) >= 11 is 7.70. The highest BCUT2D eigenvalue weighted by molar-refractivity contribution is 7.99. The summed E-state index contributed by atoms with van der Waals surface area (Å²) in [5.41, 5.74) is 0.280. The lowest BCUT2D eigenvalue weighted by atomic mass is 9.77. The molecule has 1 spiro atoms. The molecule has 0 bridgehead atoms. The molecule has 0 amide bonds. The maximum Gasteiger partial charge on any atom is 0.233 e. The number of hydrogen-bond acceptors (Lipinski definition) is 8. The van der Waals surface area contributed by atoms with Gasteiger partial charge in [-0.2, -0.15) is 0 Å². The molecule has 2 aromatic rings. The Bertz CT molecular complexity index is 954. The van der Waals surface area contributed by atoms with Crippen LogP contribution in [0, 0.1) is 5.41 Å². The van der Waals surface area contributed by atoms with Gasteiger partial charge in [0.1, 0.15) is 10.0 Å². The molecule has 2 aliphatic rings. The highest BCUT2D eigenvalue weighted by Crippen LogP contribution is 2.43. The van der Waals surface area contributed by atoms with Crippen molar-refractivity contribution in [1.29, 1.82) is 0 Å². The van der Waals surface area contributed by atoms with Crippen molar-refractivity contribution in [3.05, 3.63) is 23.5 Å². The predicted molar refractivity (Wildman–Crippen MR) is 118 cm³/mol. The fourth-order valence-electron chi connectivity index (χ4n) is 4.14. The van der Waals surface area contributed by atoms with E-state index in [1.54, 1.807) is 24.7 Å². The lowest BCUT2D eigenvalue weighted by Crippen LogP contribution is -2.41.